The van der Waals surface area contributed by atoms with Crippen LogP contribution in [0.1, 0.15) is 37.8 Å². The Bertz CT molecular complexity index is 480. The first kappa shape index (κ1) is 12.4. The van der Waals surface area contributed by atoms with Crippen molar-refractivity contribution in [3.63, 3.8) is 0 Å². The van der Waals surface area contributed by atoms with E-state index < -0.39 is 11.9 Å². The maximum absolute atomic E-state index is 11.0. The minimum Gasteiger partial charge on any atom is -0.486 e. The zero-order valence-electron chi connectivity index (χ0n) is 10.1. The lowest BCUT2D eigenvalue weighted by atomic mass is 9.95. The first-order valence-corrected chi connectivity index (χ1v) is 6.33. The van der Waals surface area contributed by atoms with Gasteiger partial charge in [0.25, 0.3) is 0 Å². The molecule has 2 rings (SSSR count). The Morgan fingerprint density at radius 3 is 2.76 bits per heavy atom. The smallest absolute Gasteiger partial charge is 0.310 e. The molecule has 1 unspecified atom stereocenters. The zero-order valence-corrected chi connectivity index (χ0v) is 11.7. The molecule has 1 aliphatic rings. The number of rotatable bonds is 2. The van der Waals surface area contributed by atoms with Crippen molar-refractivity contribution in [1.82, 2.24) is 0 Å². The highest BCUT2D eigenvalue weighted by molar-refractivity contribution is 9.10. The normalized spacial score (nSPS) is 18.4. The monoisotopic (exact) mass is 298 g/mol. The number of hydrogen-bond donors (Lipinski definition) is 1. The number of carboxylic acids is 1. The summed E-state index contributed by atoms with van der Waals surface area (Å²) in [5.74, 6) is -0.466. The summed E-state index contributed by atoms with van der Waals surface area (Å²) in [5, 5.41) is 9.03. The van der Waals surface area contributed by atoms with Gasteiger partial charge in [-0.15, -0.1) is 0 Å². The number of fused-ring (bicyclic) bond motifs is 1. The zero-order chi connectivity index (χ0) is 12.8. The van der Waals surface area contributed by atoms with Crippen LogP contribution in [0, 0.1) is 0 Å². The number of halogens is 1. The van der Waals surface area contributed by atoms with Gasteiger partial charge < -0.3 is 9.84 Å². The number of ether oxygens (including phenoxy) is 1. The molecule has 17 heavy (non-hydrogen) atoms. The number of carboxylic acid groups (broad SMARTS) is 1. The second-order valence-corrected chi connectivity index (χ2v) is 5.94. The van der Waals surface area contributed by atoms with Crippen LogP contribution in [0.4, 0.5) is 0 Å². The third kappa shape index (κ3) is 2.32. The van der Waals surface area contributed by atoms with Gasteiger partial charge in [0.2, 0.25) is 0 Å². The molecule has 0 spiro atoms. The van der Waals surface area contributed by atoms with E-state index in [9.17, 15) is 4.79 Å². The molecule has 1 aliphatic heterocycles. The molecule has 0 saturated heterocycles. The number of benzene rings is 1. The van der Waals surface area contributed by atoms with Gasteiger partial charge in [0, 0.05) is 6.42 Å². The van der Waals surface area contributed by atoms with Crippen molar-refractivity contribution in [3.05, 3.63) is 27.7 Å². The van der Waals surface area contributed by atoms with E-state index in [1.165, 1.54) is 0 Å². The molecule has 0 bridgehead atoms. The van der Waals surface area contributed by atoms with E-state index in [0.29, 0.717) is 0 Å². The topological polar surface area (TPSA) is 46.5 Å². The molecule has 0 aromatic heterocycles. The Morgan fingerprint density at radius 2 is 2.18 bits per heavy atom. The first-order chi connectivity index (χ1) is 7.80. The summed E-state index contributed by atoms with van der Waals surface area (Å²) in [6, 6.07) is 3.77. The third-order valence-electron chi connectivity index (χ3n) is 3.01. The average molecular weight is 299 g/mol. The van der Waals surface area contributed by atoms with Crippen LogP contribution >= 0.6 is 15.9 Å². The largest absolute Gasteiger partial charge is 0.486 e. The predicted molar refractivity (Wildman–Crippen MR) is 68.6 cm³/mol. The summed E-state index contributed by atoms with van der Waals surface area (Å²) in [5.41, 5.74) is 1.67. The molecule has 92 valence electrons. The van der Waals surface area contributed by atoms with Crippen molar-refractivity contribution >= 4 is 21.9 Å². The molecule has 0 radical (unpaired) electrons. The predicted octanol–water partition coefficient (Wildman–Crippen LogP) is 3.35. The van der Waals surface area contributed by atoms with Crippen LogP contribution in [0.15, 0.2) is 16.6 Å². The Morgan fingerprint density at radius 1 is 1.53 bits per heavy atom. The fourth-order valence-corrected chi connectivity index (χ4v) is 2.68. The standard InChI is InChI=1S/C13H15BrO3/c1-7(12(15)16)8-4-9-6-13(2,3)17-11(9)10(14)5-8/h4-5,7H,6H2,1-3H3,(H,15,16). The van der Waals surface area contributed by atoms with Crippen LogP contribution in [0.25, 0.3) is 0 Å². The molecule has 1 atom stereocenters. The SMILES string of the molecule is CC(C(=O)O)c1cc(Br)c2c(c1)CC(C)(C)O2. The molecule has 1 aromatic carbocycles. The van der Waals surface area contributed by atoms with Gasteiger partial charge in [0.05, 0.1) is 10.4 Å². The van der Waals surface area contributed by atoms with Gasteiger partial charge in [-0.1, -0.05) is 6.07 Å². The van der Waals surface area contributed by atoms with E-state index in [0.717, 1.165) is 27.8 Å². The van der Waals surface area contributed by atoms with Crippen LogP contribution in [-0.4, -0.2) is 16.7 Å². The molecular weight excluding hydrogens is 284 g/mol. The van der Waals surface area contributed by atoms with Crippen LogP contribution in [0.2, 0.25) is 0 Å². The van der Waals surface area contributed by atoms with Crippen LogP contribution in [0.5, 0.6) is 5.75 Å². The molecule has 4 heteroatoms. The van der Waals surface area contributed by atoms with Crippen LogP contribution < -0.4 is 4.74 Å². The van der Waals surface area contributed by atoms with Gasteiger partial charge in [0.1, 0.15) is 11.4 Å². The minimum absolute atomic E-state index is 0.212. The maximum atomic E-state index is 11.0. The number of carbonyl (C=O) groups is 1. The van der Waals surface area contributed by atoms with Gasteiger partial charge in [0.15, 0.2) is 0 Å². The van der Waals surface area contributed by atoms with E-state index in [1.54, 1.807) is 6.92 Å². The Labute approximate surface area is 109 Å². The summed E-state index contributed by atoms with van der Waals surface area (Å²) in [7, 11) is 0. The maximum Gasteiger partial charge on any atom is 0.310 e. The summed E-state index contributed by atoms with van der Waals surface area (Å²) < 4.78 is 6.66. The lowest BCUT2D eigenvalue weighted by molar-refractivity contribution is -0.138. The van der Waals surface area contributed by atoms with Crippen molar-refractivity contribution in [2.24, 2.45) is 0 Å². The fraction of sp³-hybridized carbons (Fsp3) is 0.462. The van der Waals surface area contributed by atoms with Gasteiger partial charge in [-0.2, -0.15) is 0 Å². The molecule has 0 saturated carbocycles. The molecule has 0 fully saturated rings. The Hall–Kier alpha value is -1.03. The van der Waals surface area contributed by atoms with Gasteiger partial charge in [-0.3, -0.25) is 4.79 Å². The van der Waals surface area contributed by atoms with Crippen molar-refractivity contribution in [2.45, 2.75) is 38.7 Å². The molecule has 1 heterocycles. The highest BCUT2D eigenvalue weighted by Gasteiger charge is 2.32. The van der Waals surface area contributed by atoms with E-state index in [-0.39, 0.29) is 5.60 Å². The van der Waals surface area contributed by atoms with E-state index in [4.69, 9.17) is 9.84 Å². The van der Waals surface area contributed by atoms with E-state index in [1.807, 2.05) is 26.0 Å². The first-order valence-electron chi connectivity index (χ1n) is 5.54. The fourth-order valence-electron chi connectivity index (χ4n) is 2.08. The van der Waals surface area contributed by atoms with Gasteiger partial charge in [-0.25, -0.2) is 0 Å². The van der Waals surface area contributed by atoms with Crippen molar-refractivity contribution in [3.8, 4) is 5.75 Å². The average Bonchev–Trinajstić information content (AvgIpc) is 2.51. The highest BCUT2D eigenvalue weighted by Crippen LogP contribution is 2.42. The molecule has 0 aliphatic carbocycles. The number of aliphatic carboxylic acids is 1. The quantitative estimate of drug-likeness (QED) is 0.911. The molecule has 3 nitrogen and oxygen atoms in total. The Balaban J connectivity index is 2.44. The van der Waals surface area contributed by atoms with Crippen LogP contribution in [-0.2, 0) is 11.2 Å². The van der Waals surface area contributed by atoms with Crippen molar-refractivity contribution in [2.75, 3.05) is 0 Å². The van der Waals surface area contributed by atoms with Gasteiger partial charge >= 0.3 is 5.97 Å². The van der Waals surface area contributed by atoms with Crippen molar-refractivity contribution in [1.29, 1.82) is 0 Å². The van der Waals surface area contributed by atoms with Gasteiger partial charge in [-0.05, 0) is 53.9 Å². The van der Waals surface area contributed by atoms with E-state index in [2.05, 4.69) is 15.9 Å². The lowest BCUT2D eigenvalue weighted by Crippen LogP contribution is -2.24. The summed E-state index contributed by atoms with van der Waals surface area (Å²) in [6.45, 7) is 5.75. The van der Waals surface area contributed by atoms with E-state index >= 15 is 0 Å². The lowest BCUT2D eigenvalue weighted by Gasteiger charge is -2.17. The summed E-state index contributed by atoms with van der Waals surface area (Å²) in [4.78, 5) is 11.0. The third-order valence-corrected chi connectivity index (χ3v) is 3.60. The van der Waals surface area contributed by atoms with Crippen LogP contribution in [0.3, 0.4) is 0 Å². The highest BCUT2D eigenvalue weighted by atomic mass is 79.9. The second kappa shape index (κ2) is 4.02. The molecule has 1 N–H and O–H groups in total. The molecular formula is C13H15BrO3. The summed E-state index contributed by atoms with van der Waals surface area (Å²) >= 11 is 3.45. The summed E-state index contributed by atoms with van der Waals surface area (Å²) in [6.07, 6.45) is 0.807. The minimum atomic E-state index is -0.810. The molecule has 0 amide bonds. The Kier molecular flexibility index (Phi) is 2.94. The number of hydrogen-bond acceptors (Lipinski definition) is 2. The molecule has 1 aromatic rings. The van der Waals surface area contributed by atoms with Crippen molar-refractivity contribution < 1.29 is 14.6 Å². The second-order valence-electron chi connectivity index (χ2n) is 5.09.